The Bertz CT molecular complexity index is 897. The van der Waals surface area contributed by atoms with Crippen molar-refractivity contribution in [2.75, 3.05) is 0 Å². The largest absolute Gasteiger partial charge is 0.296 e. The summed E-state index contributed by atoms with van der Waals surface area (Å²) >= 11 is 0. The van der Waals surface area contributed by atoms with Crippen molar-refractivity contribution in [3.63, 3.8) is 0 Å². The number of hydrogen-bond donors (Lipinski definition) is 0. The van der Waals surface area contributed by atoms with Crippen molar-refractivity contribution in [1.29, 1.82) is 0 Å². The van der Waals surface area contributed by atoms with Gasteiger partial charge >= 0.3 is 0 Å². The number of fused-ring (bicyclic) bond motifs is 1. The zero-order chi connectivity index (χ0) is 14.8. The molecule has 1 aromatic heterocycles. The minimum absolute atomic E-state index is 0.117. The number of benzene rings is 2. The molecule has 3 aromatic rings. The second kappa shape index (κ2) is 5.32. The average Bonchev–Trinajstić information content (AvgIpc) is 2.51. The fraction of sp³-hybridized carbons (Fsp3) is 0.0588. The quantitative estimate of drug-likeness (QED) is 0.722. The fourth-order valence-corrected chi connectivity index (χ4v) is 2.16. The summed E-state index contributed by atoms with van der Waals surface area (Å²) in [7, 11) is 1.66. The SMILES string of the molecule is Cn1c(/C=C/c2ccccc2F)nc2ccccc2c1=O. The van der Waals surface area contributed by atoms with Gasteiger partial charge in [0.2, 0.25) is 0 Å². The molecule has 2 aromatic carbocycles. The minimum atomic E-state index is -0.306. The Labute approximate surface area is 121 Å². The Hall–Kier alpha value is -2.75. The summed E-state index contributed by atoms with van der Waals surface area (Å²) in [5.41, 5.74) is 0.975. The second-order valence-corrected chi connectivity index (χ2v) is 4.71. The molecule has 104 valence electrons. The van der Waals surface area contributed by atoms with Crippen molar-refractivity contribution in [3.05, 3.63) is 76.1 Å². The van der Waals surface area contributed by atoms with E-state index in [1.807, 2.05) is 6.07 Å². The third-order valence-electron chi connectivity index (χ3n) is 3.33. The van der Waals surface area contributed by atoms with Gasteiger partial charge in [-0.3, -0.25) is 9.36 Å². The monoisotopic (exact) mass is 280 g/mol. The molecule has 3 nitrogen and oxygen atoms in total. The summed E-state index contributed by atoms with van der Waals surface area (Å²) in [6, 6.07) is 13.6. The number of aromatic nitrogens is 2. The van der Waals surface area contributed by atoms with Crippen molar-refractivity contribution in [2.24, 2.45) is 7.05 Å². The fourth-order valence-electron chi connectivity index (χ4n) is 2.16. The van der Waals surface area contributed by atoms with E-state index in [1.54, 1.807) is 55.6 Å². The van der Waals surface area contributed by atoms with Gasteiger partial charge in [0.05, 0.1) is 10.9 Å². The molecule has 0 aliphatic rings. The molecule has 0 spiro atoms. The first kappa shape index (κ1) is 13.2. The van der Waals surface area contributed by atoms with Gasteiger partial charge in [0.25, 0.3) is 5.56 Å². The van der Waals surface area contributed by atoms with Crippen molar-refractivity contribution in [2.45, 2.75) is 0 Å². The smallest absolute Gasteiger partial charge is 0.261 e. The van der Waals surface area contributed by atoms with E-state index in [0.29, 0.717) is 22.3 Å². The summed E-state index contributed by atoms with van der Waals surface area (Å²) in [6.07, 6.45) is 3.26. The maximum atomic E-state index is 13.6. The maximum Gasteiger partial charge on any atom is 0.261 e. The molecule has 0 aliphatic carbocycles. The molecule has 0 atom stereocenters. The molecule has 0 unspecified atom stereocenters. The van der Waals surface area contributed by atoms with E-state index < -0.39 is 0 Å². The number of nitrogens with zero attached hydrogens (tertiary/aromatic N) is 2. The Morgan fingerprint density at radius 3 is 2.57 bits per heavy atom. The van der Waals surface area contributed by atoms with E-state index in [4.69, 9.17) is 0 Å². The van der Waals surface area contributed by atoms with Gasteiger partial charge in [0.15, 0.2) is 0 Å². The van der Waals surface area contributed by atoms with Crippen LogP contribution in [0.4, 0.5) is 4.39 Å². The first-order valence-corrected chi connectivity index (χ1v) is 6.55. The molecule has 0 aliphatic heterocycles. The van der Waals surface area contributed by atoms with E-state index in [-0.39, 0.29) is 11.4 Å². The van der Waals surface area contributed by atoms with Crippen molar-refractivity contribution < 1.29 is 4.39 Å². The van der Waals surface area contributed by atoms with Crippen LogP contribution < -0.4 is 5.56 Å². The normalized spacial score (nSPS) is 11.3. The average molecular weight is 280 g/mol. The molecule has 0 N–H and O–H groups in total. The lowest BCUT2D eigenvalue weighted by molar-refractivity contribution is 0.625. The number of halogens is 1. The van der Waals surface area contributed by atoms with Crippen molar-refractivity contribution in [3.8, 4) is 0 Å². The van der Waals surface area contributed by atoms with E-state index >= 15 is 0 Å². The Balaban J connectivity index is 2.11. The van der Waals surface area contributed by atoms with Crippen LogP contribution in [0.2, 0.25) is 0 Å². The summed E-state index contributed by atoms with van der Waals surface area (Å²) in [5, 5.41) is 0.572. The Morgan fingerprint density at radius 1 is 1.05 bits per heavy atom. The van der Waals surface area contributed by atoms with Crippen molar-refractivity contribution in [1.82, 2.24) is 9.55 Å². The van der Waals surface area contributed by atoms with Gasteiger partial charge in [0.1, 0.15) is 11.6 Å². The van der Waals surface area contributed by atoms with Crippen LogP contribution in [-0.4, -0.2) is 9.55 Å². The zero-order valence-corrected chi connectivity index (χ0v) is 11.5. The van der Waals surface area contributed by atoms with Gasteiger partial charge in [-0.2, -0.15) is 0 Å². The molecule has 1 heterocycles. The van der Waals surface area contributed by atoms with Gasteiger partial charge in [-0.05, 0) is 30.4 Å². The summed E-state index contributed by atoms with van der Waals surface area (Å²) in [5.74, 6) is 0.182. The Morgan fingerprint density at radius 2 is 1.76 bits per heavy atom. The van der Waals surface area contributed by atoms with Gasteiger partial charge in [0, 0.05) is 12.6 Å². The van der Waals surface area contributed by atoms with Crippen LogP contribution in [0.25, 0.3) is 23.1 Å². The van der Waals surface area contributed by atoms with E-state index in [2.05, 4.69) is 4.98 Å². The molecule has 3 rings (SSSR count). The third kappa shape index (κ3) is 2.48. The standard InChI is InChI=1S/C17H13FN2O/c1-20-16(11-10-12-6-2-4-8-14(12)18)19-15-9-5-3-7-13(15)17(20)21/h2-11H,1H3/b11-10+. The molecule has 0 fully saturated rings. The first-order valence-electron chi connectivity index (χ1n) is 6.55. The predicted molar refractivity (Wildman–Crippen MR) is 82.3 cm³/mol. The molecule has 0 radical (unpaired) electrons. The van der Waals surface area contributed by atoms with E-state index in [1.165, 1.54) is 10.6 Å². The molecular weight excluding hydrogens is 267 g/mol. The molecule has 4 heteroatoms. The molecule has 0 bridgehead atoms. The molecule has 0 saturated heterocycles. The molecular formula is C17H13FN2O. The predicted octanol–water partition coefficient (Wildman–Crippen LogP) is 3.24. The summed E-state index contributed by atoms with van der Waals surface area (Å²) in [4.78, 5) is 16.7. The number of para-hydroxylation sites is 1. The van der Waals surface area contributed by atoms with Crippen LogP contribution in [0.15, 0.2) is 53.3 Å². The zero-order valence-electron chi connectivity index (χ0n) is 11.5. The topological polar surface area (TPSA) is 34.9 Å². The van der Waals surface area contributed by atoms with Crippen LogP contribution in [0.1, 0.15) is 11.4 Å². The van der Waals surface area contributed by atoms with E-state index in [0.717, 1.165) is 0 Å². The van der Waals surface area contributed by atoms with Gasteiger partial charge in [-0.25, -0.2) is 9.37 Å². The molecule has 21 heavy (non-hydrogen) atoms. The molecule has 0 saturated carbocycles. The van der Waals surface area contributed by atoms with Crippen molar-refractivity contribution >= 4 is 23.1 Å². The van der Waals surface area contributed by atoms with Crippen LogP contribution >= 0.6 is 0 Å². The minimum Gasteiger partial charge on any atom is -0.296 e. The van der Waals surface area contributed by atoms with E-state index in [9.17, 15) is 9.18 Å². The highest BCUT2D eigenvalue weighted by Gasteiger charge is 2.05. The Kier molecular flexibility index (Phi) is 3.36. The maximum absolute atomic E-state index is 13.6. The van der Waals surface area contributed by atoms with Gasteiger partial charge < -0.3 is 0 Å². The lowest BCUT2D eigenvalue weighted by Crippen LogP contribution is -2.20. The summed E-state index contributed by atoms with van der Waals surface area (Å²) in [6.45, 7) is 0. The third-order valence-corrected chi connectivity index (χ3v) is 3.33. The highest BCUT2D eigenvalue weighted by atomic mass is 19.1. The van der Waals surface area contributed by atoms with Gasteiger partial charge in [-0.15, -0.1) is 0 Å². The molecule has 0 amide bonds. The van der Waals surface area contributed by atoms with Crippen LogP contribution in [-0.2, 0) is 7.05 Å². The van der Waals surface area contributed by atoms with Crippen LogP contribution in [0.3, 0.4) is 0 Å². The summed E-state index contributed by atoms with van der Waals surface area (Å²) < 4.78 is 15.0. The lowest BCUT2D eigenvalue weighted by Gasteiger charge is -2.05. The highest BCUT2D eigenvalue weighted by Crippen LogP contribution is 2.12. The van der Waals surface area contributed by atoms with Crippen LogP contribution in [0, 0.1) is 5.82 Å². The number of rotatable bonds is 2. The van der Waals surface area contributed by atoms with Gasteiger partial charge in [-0.1, -0.05) is 30.3 Å². The first-order chi connectivity index (χ1) is 10.2. The second-order valence-electron chi connectivity index (χ2n) is 4.71. The lowest BCUT2D eigenvalue weighted by atomic mass is 10.2. The van der Waals surface area contributed by atoms with Crippen LogP contribution in [0.5, 0.6) is 0 Å². The highest BCUT2D eigenvalue weighted by molar-refractivity contribution is 5.79. The number of hydrogen-bond acceptors (Lipinski definition) is 2.